The Kier molecular flexibility index (Phi) is 3.01. The number of hydrogen-bond acceptors (Lipinski definition) is 1. The zero-order valence-electron chi connectivity index (χ0n) is 7.84. The lowest BCUT2D eigenvalue weighted by Gasteiger charge is -2.31. The van der Waals surface area contributed by atoms with Crippen LogP contribution < -0.4 is 5.73 Å². The van der Waals surface area contributed by atoms with Gasteiger partial charge >= 0.3 is 0 Å². The Labute approximate surface area is 94.2 Å². The standard InChI is InChI=1S/C11H13Cl2N/c12-9-5-4-8(6-10(9)13)11(14)7-2-1-3-7/h4-7,11H,1-3,14H2. The molecule has 14 heavy (non-hydrogen) atoms. The van der Waals surface area contributed by atoms with Gasteiger partial charge in [0.2, 0.25) is 0 Å². The van der Waals surface area contributed by atoms with E-state index in [2.05, 4.69) is 0 Å². The van der Waals surface area contributed by atoms with Gasteiger partial charge in [-0.3, -0.25) is 0 Å². The second kappa shape index (κ2) is 4.09. The van der Waals surface area contributed by atoms with E-state index in [0.29, 0.717) is 16.0 Å². The van der Waals surface area contributed by atoms with E-state index in [1.54, 1.807) is 0 Å². The molecule has 3 heteroatoms. The third-order valence-electron chi connectivity index (χ3n) is 2.99. The van der Waals surface area contributed by atoms with Crippen LogP contribution in [-0.2, 0) is 0 Å². The predicted octanol–water partition coefficient (Wildman–Crippen LogP) is 3.79. The first-order valence-corrected chi connectivity index (χ1v) is 5.64. The molecule has 0 bridgehead atoms. The van der Waals surface area contributed by atoms with Crippen molar-refractivity contribution in [2.24, 2.45) is 11.7 Å². The first-order valence-electron chi connectivity index (χ1n) is 4.89. The maximum absolute atomic E-state index is 6.12. The van der Waals surface area contributed by atoms with Crippen LogP contribution in [0.1, 0.15) is 30.9 Å². The number of benzene rings is 1. The fourth-order valence-corrected chi connectivity index (χ4v) is 2.10. The summed E-state index contributed by atoms with van der Waals surface area (Å²) in [5.41, 5.74) is 7.22. The molecule has 0 aliphatic heterocycles. The lowest BCUT2D eigenvalue weighted by molar-refractivity contribution is 0.264. The zero-order chi connectivity index (χ0) is 10.1. The van der Waals surface area contributed by atoms with Crippen molar-refractivity contribution in [3.8, 4) is 0 Å². The minimum Gasteiger partial charge on any atom is -0.324 e. The van der Waals surface area contributed by atoms with E-state index in [1.807, 2.05) is 18.2 Å². The number of nitrogens with two attached hydrogens (primary N) is 1. The number of halogens is 2. The van der Waals surface area contributed by atoms with Crippen molar-refractivity contribution in [2.75, 3.05) is 0 Å². The molecule has 1 atom stereocenters. The Balaban J connectivity index is 2.18. The summed E-state index contributed by atoms with van der Waals surface area (Å²) in [6, 6.07) is 5.79. The molecule has 1 saturated carbocycles. The summed E-state index contributed by atoms with van der Waals surface area (Å²) in [6.07, 6.45) is 3.78. The average Bonchev–Trinajstić information content (AvgIpc) is 2.06. The summed E-state index contributed by atoms with van der Waals surface area (Å²) in [7, 11) is 0. The molecule has 0 saturated heterocycles. The van der Waals surface area contributed by atoms with Crippen molar-refractivity contribution >= 4 is 23.2 Å². The highest BCUT2D eigenvalue weighted by atomic mass is 35.5. The smallest absolute Gasteiger partial charge is 0.0595 e. The van der Waals surface area contributed by atoms with Gasteiger partial charge in [0.15, 0.2) is 0 Å². The molecule has 0 amide bonds. The van der Waals surface area contributed by atoms with Crippen LogP contribution in [0.25, 0.3) is 0 Å². The van der Waals surface area contributed by atoms with Gasteiger partial charge in [0.1, 0.15) is 0 Å². The minimum atomic E-state index is 0.124. The van der Waals surface area contributed by atoms with Crippen molar-refractivity contribution in [1.29, 1.82) is 0 Å². The summed E-state index contributed by atoms with van der Waals surface area (Å²) in [4.78, 5) is 0. The van der Waals surface area contributed by atoms with Gasteiger partial charge in [-0.25, -0.2) is 0 Å². The minimum absolute atomic E-state index is 0.124. The van der Waals surface area contributed by atoms with Crippen LogP contribution in [-0.4, -0.2) is 0 Å². The van der Waals surface area contributed by atoms with Gasteiger partial charge in [0.25, 0.3) is 0 Å². The fourth-order valence-electron chi connectivity index (χ4n) is 1.79. The number of rotatable bonds is 2. The largest absolute Gasteiger partial charge is 0.324 e. The zero-order valence-corrected chi connectivity index (χ0v) is 9.35. The van der Waals surface area contributed by atoms with E-state index in [-0.39, 0.29) is 6.04 Å². The summed E-state index contributed by atoms with van der Waals surface area (Å²) < 4.78 is 0. The van der Waals surface area contributed by atoms with E-state index in [0.717, 1.165) is 5.56 Å². The second-order valence-corrected chi connectivity index (χ2v) is 4.70. The monoisotopic (exact) mass is 229 g/mol. The van der Waals surface area contributed by atoms with Gasteiger partial charge in [-0.05, 0) is 36.5 Å². The normalized spacial score (nSPS) is 19.1. The second-order valence-electron chi connectivity index (χ2n) is 3.89. The van der Waals surface area contributed by atoms with Crippen LogP contribution >= 0.6 is 23.2 Å². The van der Waals surface area contributed by atoms with Crippen molar-refractivity contribution in [1.82, 2.24) is 0 Å². The third kappa shape index (κ3) is 1.90. The quantitative estimate of drug-likeness (QED) is 0.821. The van der Waals surface area contributed by atoms with Gasteiger partial charge in [-0.2, -0.15) is 0 Å². The predicted molar refractivity (Wildman–Crippen MR) is 60.7 cm³/mol. The molecular formula is C11H13Cl2N. The molecular weight excluding hydrogens is 217 g/mol. The molecule has 0 radical (unpaired) electrons. The first kappa shape index (κ1) is 10.3. The van der Waals surface area contributed by atoms with E-state index in [4.69, 9.17) is 28.9 Å². The molecule has 1 fully saturated rings. The van der Waals surface area contributed by atoms with Gasteiger partial charge in [0.05, 0.1) is 10.0 Å². The fraction of sp³-hybridized carbons (Fsp3) is 0.455. The lowest BCUT2D eigenvalue weighted by atomic mass is 9.78. The third-order valence-corrected chi connectivity index (χ3v) is 3.73. The average molecular weight is 230 g/mol. The van der Waals surface area contributed by atoms with Crippen LogP contribution in [0.15, 0.2) is 18.2 Å². The van der Waals surface area contributed by atoms with Crippen LogP contribution in [0.4, 0.5) is 0 Å². The van der Waals surface area contributed by atoms with Crippen molar-refractivity contribution < 1.29 is 0 Å². The molecule has 2 rings (SSSR count). The Hall–Kier alpha value is -0.240. The summed E-state index contributed by atoms with van der Waals surface area (Å²) >= 11 is 11.8. The molecule has 1 unspecified atom stereocenters. The molecule has 1 aromatic rings. The number of hydrogen-bond donors (Lipinski definition) is 1. The Morgan fingerprint density at radius 2 is 1.93 bits per heavy atom. The van der Waals surface area contributed by atoms with E-state index in [1.165, 1.54) is 19.3 Å². The molecule has 0 spiro atoms. The maximum atomic E-state index is 6.12. The van der Waals surface area contributed by atoms with Crippen molar-refractivity contribution in [2.45, 2.75) is 25.3 Å². The van der Waals surface area contributed by atoms with Gasteiger partial charge in [0, 0.05) is 6.04 Å². The Morgan fingerprint density at radius 3 is 2.43 bits per heavy atom. The summed E-state index contributed by atoms with van der Waals surface area (Å²) in [5, 5.41) is 1.19. The summed E-state index contributed by atoms with van der Waals surface area (Å²) in [6.45, 7) is 0. The molecule has 1 aromatic carbocycles. The Morgan fingerprint density at radius 1 is 1.21 bits per heavy atom. The molecule has 76 valence electrons. The van der Waals surface area contributed by atoms with Crippen LogP contribution in [0.3, 0.4) is 0 Å². The SMILES string of the molecule is NC(c1ccc(Cl)c(Cl)c1)C1CCC1. The summed E-state index contributed by atoms with van der Waals surface area (Å²) in [5.74, 6) is 0.632. The Bertz CT molecular complexity index is 334. The highest BCUT2D eigenvalue weighted by Crippen LogP contribution is 2.37. The lowest BCUT2D eigenvalue weighted by Crippen LogP contribution is -2.26. The molecule has 1 aliphatic carbocycles. The van der Waals surface area contributed by atoms with Crippen molar-refractivity contribution in [3.05, 3.63) is 33.8 Å². The first-order chi connectivity index (χ1) is 6.68. The topological polar surface area (TPSA) is 26.0 Å². The molecule has 0 heterocycles. The van der Waals surface area contributed by atoms with Crippen LogP contribution in [0.5, 0.6) is 0 Å². The highest BCUT2D eigenvalue weighted by molar-refractivity contribution is 6.42. The molecule has 2 N–H and O–H groups in total. The molecule has 1 aliphatic rings. The van der Waals surface area contributed by atoms with Gasteiger partial charge in [-0.15, -0.1) is 0 Å². The van der Waals surface area contributed by atoms with Crippen molar-refractivity contribution in [3.63, 3.8) is 0 Å². The maximum Gasteiger partial charge on any atom is 0.0595 e. The van der Waals surface area contributed by atoms with Crippen LogP contribution in [0.2, 0.25) is 10.0 Å². The van der Waals surface area contributed by atoms with Gasteiger partial charge < -0.3 is 5.73 Å². The van der Waals surface area contributed by atoms with E-state index < -0.39 is 0 Å². The molecule has 0 aromatic heterocycles. The van der Waals surface area contributed by atoms with Crippen LogP contribution in [0, 0.1) is 5.92 Å². The van der Waals surface area contributed by atoms with Gasteiger partial charge in [-0.1, -0.05) is 35.7 Å². The van der Waals surface area contributed by atoms with E-state index in [9.17, 15) is 0 Å². The molecule has 1 nitrogen and oxygen atoms in total. The highest BCUT2D eigenvalue weighted by Gasteiger charge is 2.25. The van der Waals surface area contributed by atoms with E-state index >= 15 is 0 Å².